The standard InChI is InChI=1S/C19H25ClN2O3/c1-3-7-19(11-23)10-22(8-6-16(19)24)18(25)17-12(2)14-9-13(20)4-5-15(14)21-17/h4-5,9,16,21,23-24H,3,6-8,10-11H2,1-2H3/t16-,19-/m0/s1. The van der Waals surface area contributed by atoms with E-state index in [1.54, 1.807) is 11.0 Å². The van der Waals surface area contributed by atoms with E-state index in [2.05, 4.69) is 4.98 Å². The maximum absolute atomic E-state index is 13.1. The van der Waals surface area contributed by atoms with Crippen molar-refractivity contribution in [2.24, 2.45) is 5.41 Å². The highest BCUT2D eigenvalue weighted by Crippen LogP contribution is 2.36. The third-order valence-corrected chi connectivity index (χ3v) is 5.70. The fourth-order valence-electron chi connectivity index (χ4n) is 3.97. The molecule has 1 aliphatic heterocycles. The molecule has 1 fully saturated rings. The second-order valence-corrected chi connectivity index (χ2v) is 7.55. The van der Waals surface area contributed by atoms with Crippen LogP contribution in [0.4, 0.5) is 0 Å². The summed E-state index contributed by atoms with van der Waals surface area (Å²) in [6, 6.07) is 5.52. The van der Waals surface area contributed by atoms with Gasteiger partial charge in [-0.05, 0) is 43.5 Å². The first-order valence-corrected chi connectivity index (χ1v) is 9.15. The fourth-order valence-corrected chi connectivity index (χ4v) is 4.14. The normalized spacial score (nSPS) is 24.0. The number of benzene rings is 1. The summed E-state index contributed by atoms with van der Waals surface area (Å²) in [5.74, 6) is -0.0920. The van der Waals surface area contributed by atoms with E-state index in [9.17, 15) is 15.0 Å². The third-order valence-electron chi connectivity index (χ3n) is 5.47. The van der Waals surface area contributed by atoms with Crippen molar-refractivity contribution < 1.29 is 15.0 Å². The van der Waals surface area contributed by atoms with Gasteiger partial charge in [-0.3, -0.25) is 4.79 Å². The predicted octanol–water partition coefficient (Wildman–Crippen LogP) is 3.12. The number of carbonyl (C=O) groups is 1. The number of hydrogen-bond acceptors (Lipinski definition) is 3. The zero-order valence-electron chi connectivity index (χ0n) is 14.7. The molecule has 25 heavy (non-hydrogen) atoms. The molecule has 1 aromatic carbocycles. The summed E-state index contributed by atoms with van der Waals surface area (Å²) < 4.78 is 0. The number of rotatable bonds is 4. The Bertz CT molecular complexity index is 788. The van der Waals surface area contributed by atoms with Gasteiger partial charge < -0.3 is 20.1 Å². The van der Waals surface area contributed by atoms with Crippen molar-refractivity contribution in [2.45, 2.75) is 39.2 Å². The van der Waals surface area contributed by atoms with Crippen LogP contribution in [0.1, 0.15) is 42.2 Å². The highest BCUT2D eigenvalue weighted by molar-refractivity contribution is 6.31. The fraction of sp³-hybridized carbons (Fsp3) is 0.526. The number of piperidine rings is 1. The van der Waals surface area contributed by atoms with Crippen LogP contribution in [0.5, 0.6) is 0 Å². The number of halogens is 1. The highest BCUT2D eigenvalue weighted by Gasteiger charge is 2.43. The first kappa shape index (κ1) is 18.2. The van der Waals surface area contributed by atoms with Crippen molar-refractivity contribution in [1.29, 1.82) is 0 Å². The number of fused-ring (bicyclic) bond motifs is 1. The van der Waals surface area contributed by atoms with Gasteiger partial charge in [-0.15, -0.1) is 0 Å². The second kappa shape index (κ2) is 6.98. The minimum Gasteiger partial charge on any atom is -0.396 e. The monoisotopic (exact) mass is 364 g/mol. The maximum Gasteiger partial charge on any atom is 0.270 e. The van der Waals surface area contributed by atoms with Crippen LogP contribution in [0, 0.1) is 12.3 Å². The SMILES string of the molecule is CCC[C@@]1(CO)CN(C(=O)c2[nH]c3ccc(Cl)cc3c2C)CC[C@@H]1O. The number of aryl methyl sites for hydroxylation is 1. The third kappa shape index (κ3) is 3.16. The number of nitrogens with one attached hydrogen (secondary N) is 1. The number of H-pyrrole nitrogens is 1. The summed E-state index contributed by atoms with van der Waals surface area (Å²) in [5, 5.41) is 21.9. The maximum atomic E-state index is 13.1. The molecule has 5 nitrogen and oxygen atoms in total. The van der Waals surface area contributed by atoms with Gasteiger partial charge in [0.15, 0.2) is 0 Å². The van der Waals surface area contributed by atoms with Crippen molar-refractivity contribution in [1.82, 2.24) is 9.88 Å². The van der Waals surface area contributed by atoms with E-state index in [1.165, 1.54) is 0 Å². The molecule has 2 atom stereocenters. The van der Waals surface area contributed by atoms with Gasteiger partial charge in [-0.2, -0.15) is 0 Å². The Morgan fingerprint density at radius 2 is 2.24 bits per heavy atom. The number of aromatic amines is 1. The largest absolute Gasteiger partial charge is 0.396 e. The van der Waals surface area contributed by atoms with Crippen LogP contribution in [0.2, 0.25) is 5.02 Å². The Balaban J connectivity index is 1.92. The molecule has 1 saturated heterocycles. The molecular weight excluding hydrogens is 340 g/mol. The first-order chi connectivity index (χ1) is 11.9. The summed E-state index contributed by atoms with van der Waals surface area (Å²) in [7, 11) is 0. The molecule has 0 aliphatic carbocycles. The molecule has 0 saturated carbocycles. The second-order valence-electron chi connectivity index (χ2n) is 7.12. The van der Waals surface area contributed by atoms with E-state index in [0.717, 1.165) is 22.9 Å². The molecule has 1 aliphatic rings. The van der Waals surface area contributed by atoms with Gasteiger partial charge in [0.05, 0.1) is 12.7 Å². The average molecular weight is 365 g/mol. The Morgan fingerprint density at radius 1 is 1.48 bits per heavy atom. The van der Waals surface area contributed by atoms with Crippen molar-refractivity contribution in [3.8, 4) is 0 Å². The Hall–Kier alpha value is -1.56. The lowest BCUT2D eigenvalue weighted by atomic mass is 9.74. The van der Waals surface area contributed by atoms with E-state index in [0.29, 0.717) is 36.6 Å². The van der Waals surface area contributed by atoms with E-state index < -0.39 is 11.5 Å². The Kier molecular flexibility index (Phi) is 5.09. The molecule has 136 valence electrons. The molecule has 1 aromatic heterocycles. The number of aromatic nitrogens is 1. The summed E-state index contributed by atoms with van der Waals surface area (Å²) in [6.07, 6.45) is 1.44. The van der Waals surface area contributed by atoms with Gasteiger partial charge in [0.1, 0.15) is 5.69 Å². The lowest BCUT2D eigenvalue weighted by Gasteiger charge is -2.45. The van der Waals surface area contributed by atoms with Crippen LogP contribution in [0.3, 0.4) is 0 Å². The molecule has 1 amide bonds. The smallest absolute Gasteiger partial charge is 0.270 e. The van der Waals surface area contributed by atoms with Gasteiger partial charge in [0.2, 0.25) is 0 Å². The molecule has 2 aromatic rings. The molecule has 0 bridgehead atoms. The minimum atomic E-state index is -0.633. The summed E-state index contributed by atoms with van der Waals surface area (Å²) in [6.45, 7) is 4.67. The van der Waals surface area contributed by atoms with Crippen LogP contribution >= 0.6 is 11.6 Å². The topological polar surface area (TPSA) is 76.6 Å². The molecule has 3 rings (SSSR count). The predicted molar refractivity (Wildman–Crippen MR) is 99.0 cm³/mol. The lowest BCUT2D eigenvalue weighted by molar-refractivity contribution is -0.0721. The first-order valence-electron chi connectivity index (χ1n) is 8.78. The Labute approximate surface area is 152 Å². The average Bonchev–Trinajstić information content (AvgIpc) is 2.93. The quantitative estimate of drug-likeness (QED) is 0.780. The van der Waals surface area contributed by atoms with Gasteiger partial charge in [0, 0.05) is 34.4 Å². The number of hydrogen-bond donors (Lipinski definition) is 3. The number of amides is 1. The molecule has 3 N–H and O–H groups in total. The zero-order valence-corrected chi connectivity index (χ0v) is 15.4. The van der Waals surface area contributed by atoms with E-state index in [4.69, 9.17) is 11.6 Å². The van der Waals surface area contributed by atoms with Crippen molar-refractivity contribution in [2.75, 3.05) is 19.7 Å². The molecule has 2 heterocycles. The van der Waals surface area contributed by atoms with Crippen LogP contribution in [0.15, 0.2) is 18.2 Å². The number of likely N-dealkylation sites (tertiary alicyclic amines) is 1. The van der Waals surface area contributed by atoms with E-state index in [-0.39, 0.29) is 12.5 Å². The van der Waals surface area contributed by atoms with Crippen molar-refractivity contribution >= 4 is 28.4 Å². The van der Waals surface area contributed by atoms with E-state index in [1.807, 2.05) is 26.0 Å². The number of nitrogens with zero attached hydrogens (tertiary/aromatic N) is 1. The van der Waals surface area contributed by atoms with Crippen LogP contribution < -0.4 is 0 Å². The van der Waals surface area contributed by atoms with Gasteiger partial charge in [0.25, 0.3) is 5.91 Å². The van der Waals surface area contributed by atoms with Gasteiger partial charge >= 0.3 is 0 Å². The van der Waals surface area contributed by atoms with Crippen molar-refractivity contribution in [3.63, 3.8) is 0 Å². The summed E-state index contributed by atoms with van der Waals surface area (Å²) >= 11 is 6.07. The molecule has 6 heteroatoms. The Morgan fingerprint density at radius 3 is 2.92 bits per heavy atom. The number of aliphatic hydroxyl groups is 2. The lowest BCUT2D eigenvalue weighted by Crippen LogP contribution is -2.55. The summed E-state index contributed by atoms with van der Waals surface area (Å²) in [5.41, 5.74) is 1.67. The van der Waals surface area contributed by atoms with Gasteiger partial charge in [-0.1, -0.05) is 24.9 Å². The molecule has 0 radical (unpaired) electrons. The van der Waals surface area contributed by atoms with E-state index >= 15 is 0 Å². The molecule has 0 unspecified atom stereocenters. The minimum absolute atomic E-state index is 0.0920. The number of aliphatic hydroxyl groups excluding tert-OH is 2. The van der Waals surface area contributed by atoms with Crippen LogP contribution in [-0.4, -0.2) is 51.8 Å². The number of carbonyl (C=O) groups excluding carboxylic acids is 1. The van der Waals surface area contributed by atoms with Crippen molar-refractivity contribution in [3.05, 3.63) is 34.5 Å². The highest BCUT2D eigenvalue weighted by atomic mass is 35.5. The molecule has 0 spiro atoms. The summed E-state index contributed by atoms with van der Waals surface area (Å²) in [4.78, 5) is 18.0. The van der Waals surface area contributed by atoms with Crippen LogP contribution in [0.25, 0.3) is 10.9 Å². The van der Waals surface area contributed by atoms with Gasteiger partial charge in [-0.25, -0.2) is 0 Å². The van der Waals surface area contributed by atoms with Crippen LogP contribution in [-0.2, 0) is 0 Å². The zero-order chi connectivity index (χ0) is 18.2. The molecular formula is C19H25ClN2O3.